The summed E-state index contributed by atoms with van der Waals surface area (Å²) in [5.41, 5.74) is -0.326. The van der Waals surface area contributed by atoms with E-state index in [0.717, 1.165) is 18.4 Å². The van der Waals surface area contributed by atoms with Crippen LogP contribution in [0, 0.1) is 17.3 Å². The van der Waals surface area contributed by atoms with E-state index in [9.17, 15) is 24.0 Å². The van der Waals surface area contributed by atoms with Crippen molar-refractivity contribution in [3.05, 3.63) is 35.9 Å². The highest BCUT2D eigenvalue weighted by molar-refractivity contribution is 5.92. The molecule has 1 saturated heterocycles. The van der Waals surface area contributed by atoms with Crippen LogP contribution in [0.2, 0.25) is 0 Å². The summed E-state index contributed by atoms with van der Waals surface area (Å²) >= 11 is 0. The Hall–Kier alpha value is -3.43. The Labute approximate surface area is 250 Å². The number of likely N-dealkylation sites (N-methyl/N-ethyl adjacent to an activating group) is 1. The zero-order valence-corrected chi connectivity index (χ0v) is 26.4. The number of esters is 2. The molecule has 1 aliphatic rings. The molecule has 1 heterocycles. The van der Waals surface area contributed by atoms with E-state index >= 15 is 0 Å². The lowest BCUT2D eigenvalue weighted by Crippen LogP contribution is -2.56. The van der Waals surface area contributed by atoms with Gasteiger partial charge in [0.1, 0.15) is 18.2 Å². The van der Waals surface area contributed by atoms with E-state index in [-0.39, 0.29) is 25.3 Å². The molecule has 0 saturated carbocycles. The van der Waals surface area contributed by atoms with Gasteiger partial charge in [0, 0.05) is 20.0 Å². The van der Waals surface area contributed by atoms with Crippen molar-refractivity contribution in [1.29, 1.82) is 0 Å². The van der Waals surface area contributed by atoms with Crippen molar-refractivity contribution >= 4 is 29.7 Å². The lowest BCUT2D eigenvalue weighted by molar-refractivity contribution is -0.168. The van der Waals surface area contributed by atoms with Gasteiger partial charge in [0.15, 0.2) is 6.10 Å². The van der Waals surface area contributed by atoms with E-state index in [4.69, 9.17) is 9.47 Å². The number of carbonyl (C=O) groups is 5. The van der Waals surface area contributed by atoms with Crippen LogP contribution in [0.1, 0.15) is 79.7 Å². The van der Waals surface area contributed by atoms with E-state index in [0.29, 0.717) is 6.42 Å². The van der Waals surface area contributed by atoms with Gasteiger partial charge in [-0.05, 0) is 37.7 Å². The van der Waals surface area contributed by atoms with Crippen LogP contribution in [0.5, 0.6) is 0 Å². The Morgan fingerprint density at radius 3 is 2.19 bits per heavy atom. The average Bonchev–Trinajstić information content (AvgIpc) is 2.93. The van der Waals surface area contributed by atoms with Gasteiger partial charge in [-0.1, -0.05) is 77.8 Å². The molecule has 42 heavy (non-hydrogen) atoms. The average molecular weight is 588 g/mol. The molecule has 234 valence electrons. The zero-order valence-electron chi connectivity index (χ0n) is 26.4. The molecule has 0 bridgehead atoms. The van der Waals surface area contributed by atoms with Crippen LogP contribution in [0.25, 0.3) is 0 Å². The summed E-state index contributed by atoms with van der Waals surface area (Å²) < 4.78 is 11.6. The highest BCUT2D eigenvalue weighted by Crippen LogP contribution is 2.29. The van der Waals surface area contributed by atoms with Crippen molar-refractivity contribution in [2.75, 3.05) is 13.6 Å². The molecular formula is C32H49N3O7. The molecule has 4 atom stereocenters. The van der Waals surface area contributed by atoms with Gasteiger partial charge in [0.05, 0.1) is 11.8 Å². The summed E-state index contributed by atoms with van der Waals surface area (Å²) in [5, 5.41) is 5.58. The number of nitrogens with one attached hydrogen (secondary N) is 2. The first-order valence-electron chi connectivity index (χ1n) is 15.0. The second-order valence-electron chi connectivity index (χ2n) is 12.3. The van der Waals surface area contributed by atoms with E-state index in [2.05, 4.69) is 10.6 Å². The van der Waals surface area contributed by atoms with E-state index in [1.165, 1.54) is 11.9 Å². The number of unbranched alkanes of at least 4 members (excludes halogenated alkanes) is 1. The van der Waals surface area contributed by atoms with E-state index in [1.54, 1.807) is 41.5 Å². The Morgan fingerprint density at radius 1 is 0.976 bits per heavy atom. The maximum Gasteiger partial charge on any atom is 0.329 e. The molecule has 2 N–H and O–H groups in total. The largest absolute Gasteiger partial charge is 0.461 e. The molecule has 1 fully saturated rings. The molecule has 3 amide bonds. The SMILES string of the molecule is CCCC[C@H]1OC(=O)CCNC(=O)[C@@H](Cc2ccccc2)N(C)C(=O)[C@@H](C(C)C)OC(=O)[C@H](C(C)C)NC(=O)C1(C)C. The van der Waals surface area contributed by atoms with Crippen molar-refractivity contribution in [1.82, 2.24) is 15.5 Å². The summed E-state index contributed by atoms with van der Waals surface area (Å²) in [6, 6.07) is 7.30. The summed E-state index contributed by atoms with van der Waals surface area (Å²) in [7, 11) is 1.50. The number of cyclic esters (lactones) is 2. The monoisotopic (exact) mass is 587 g/mol. The number of hydrogen-bond acceptors (Lipinski definition) is 7. The third-order valence-corrected chi connectivity index (χ3v) is 7.80. The fraction of sp³-hybridized carbons (Fsp3) is 0.656. The van der Waals surface area contributed by atoms with Crippen LogP contribution in [-0.2, 0) is 39.9 Å². The highest BCUT2D eigenvalue weighted by Gasteiger charge is 2.43. The van der Waals surface area contributed by atoms with Gasteiger partial charge in [-0.2, -0.15) is 0 Å². The molecule has 10 nitrogen and oxygen atoms in total. The number of benzene rings is 1. The first kappa shape index (κ1) is 34.8. The summed E-state index contributed by atoms with van der Waals surface area (Å²) in [6.45, 7) is 12.4. The molecule has 0 aliphatic carbocycles. The predicted molar refractivity (Wildman–Crippen MR) is 159 cm³/mol. The van der Waals surface area contributed by atoms with Gasteiger partial charge in [-0.3, -0.25) is 19.2 Å². The maximum absolute atomic E-state index is 13.8. The standard InChI is InChI=1S/C32H49N3O7/c1-9-10-16-24-32(6,7)31(40)34-26(20(2)3)30(39)42-27(21(4)5)29(38)35(8)23(19-22-14-12-11-13-15-22)28(37)33-18-17-25(36)41-24/h11-15,20-21,23-24,26-27H,9-10,16-19H2,1-8H3,(H,33,37)(H,34,40)/t23-,24-,26+,27-/m1/s1. The minimum atomic E-state index is -1.18. The van der Waals surface area contributed by atoms with Crippen molar-refractivity contribution in [2.24, 2.45) is 17.3 Å². The molecule has 0 spiro atoms. The van der Waals surface area contributed by atoms with E-state index < -0.39 is 65.3 Å². The number of carbonyl (C=O) groups excluding carboxylic acids is 5. The molecule has 1 aliphatic heterocycles. The Morgan fingerprint density at radius 2 is 1.62 bits per heavy atom. The van der Waals surface area contributed by atoms with Crippen LogP contribution < -0.4 is 10.6 Å². The molecule has 0 unspecified atom stereocenters. The van der Waals surface area contributed by atoms with Crippen LogP contribution in [0.3, 0.4) is 0 Å². The molecule has 0 radical (unpaired) electrons. The van der Waals surface area contributed by atoms with Crippen LogP contribution in [0.15, 0.2) is 30.3 Å². The molecule has 1 aromatic rings. The van der Waals surface area contributed by atoms with Crippen molar-refractivity contribution in [3.8, 4) is 0 Å². The maximum atomic E-state index is 13.8. The minimum absolute atomic E-state index is 0.00384. The topological polar surface area (TPSA) is 131 Å². The van der Waals surface area contributed by atoms with Gasteiger partial charge in [-0.25, -0.2) is 4.79 Å². The zero-order chi connectivity index (χ0) is 31.6. The van der Waals surface area contributed by atoms with Gasteiger partial charge in [0.2, 0.25) is 11.8 Å². The number of amides is 3. The lowest BCUT2D eigenvalue weighted by Gasteiger charge is -2.35. The summed E-state index contributed by atoms with van der Waals surface area (Å²) in [6.07, 6.45) is 0.207. The second-order valence-corrected chi connectivity index (χ2v) is 12.3. The fourth-order valence-electron chi connectivity index (χ4n) is 4.82. The van der Waals surface area contributed by atoms with Crippen LogP contribution >= 0.6 is 0 Å². The minimum Gasteiger partial charge on any atom is -0.461 e. The summed E-state index contributed by atoms with van der Waals surface area (Å²) in [5.74, 6) is -3.50. The third-order valence-electron chi connectivity index (χ3n) is 7.80. The number of hydrogen-bond donors (Lipinski definition) is 2. The molecule has 2 rings (SSSR count). The Bertz CT molecular complexity index is 1090. The van der Waals surface area contributed by atoms with Gasteiger partial charge in [-0.15, -0.1) is 0 Å². The summed E-state index contributed by atoms with van der Waals surface area (Å²) in [4.78, 5) is 68.5. The molecule has 10 heteroatoms. The Kier molecular flexibility index (Phi) is 13.0. The van der Waals surface area contributed by atoms with Crippen LogP contribution in [0.4, 0.5) is 0 Å². The lowest BCUT2D eigenvalue weighted by atomic mass is 9.82. The highest BCUT2D eigenvalue weighted by atomic mass is 16.6. The van der Waals surface area contributed by atoms with Crippen molar-refractivity contribution < 1.29 is 33.4 Å². The smallest absolute Gasteiger partial charge is 0.329 e. The third kappa shape index (κ3) is 9.29. The molecule has 1 aromatic carbocycles. The predicted octanol–water partition coefficient (Wildman–Crippen LogP) is 3.41. The van der Waals surface area contributed by atoms with Gasteiger partial charge in [0.25, 0.3) is 5.91 Å². The Balaban J connectivity index is 2.52. The number of rotatable bonds is 7. The number of nitrogens with zero attached hydrogens (tertiary/aromatic N) is 1. The molecule has 0 aromatic heterocycles. The second kappa shape index (κ2) is 15.7. The van der Waals surface area contributed by atoms with Gasteiger partial charge >= 0.3 is 11.9 Å². The van der Waals surface area contributed by atoms with Gasteiger partial charge < -0.3 is 25.0 Å². The van der Waals surface area contributed by atoms with Crippen molar-refractivity contribution in [3.63, 3.8) is 0 Å². The first-order valence-corrected chi connectivity index (χ1v) is 15.0. The first-order chi connectivity index (χ1) is 19.7. The van der Waals surface area contributed by atoms with E-state index in [1.807, 2.05) is 37.3 Å². The fourth-order valence-corrected chi connectivity index (χ4v) is 4.82. The molecular weight excluding hydrogens is 538 g/mol. The quantitative estimate of drug-likeness (QED) is 0.468. The normalized spacial score (nSPS) is 25.0. The van der Waals surface area contributed by atoms with Crippen LogP contribution in [-0.4, -0.2) is 72.4 Å². The number of ether oxygens (including phenoxy) is 2. The van der Waals surface area contributed by atoms with Crippen molar-refractivity contribution in [2.45, 2.75) is 105 Å².